The second kappa shape index (κ2) is 7.69. The molecule has 0 aromatic carbocycles. The largest absolute Gasteiger partial charge is 0.416 e. The summed E-state index contributed by atoms with van der Waals surface area (Å²) < 4.78 is 5.83. The summed E-state index contributed by atoms with van der Waals surface area (Å²) >= 11 is 5.11. The van der Waals surface area contributed by atoms with E-state index in [4.69, 9.17) is 4.74 Å². The number of rotatable bonds is 5. The number of carbonyl (C=O) groups is 1. The molecule has 0 N–H and O–H groups in total. The fourth-order valence-electron chi connectivity index (χ4n) is 1.20. The highest BCUT2D eigenvalue weighted by atomic mass is 79.9. The molecule has 1 rings (SSSR count). The molecule has 1 aromatic heterocycles. The van der Waals surface area contributed by atoms with Crippen LogP contribution in [-0.4, -0.2) is 40.8 Å². The maximum Gasteiger partial charge on any atom is 0.416 e. The van der Waals surface area contributed by atoms with E-state index >= 15 is 0 Å². The lowest BCUT2D eigenvalue weighted by molar-refractivity contribution is 0.169. The average molecular weight is 348 g/mol. The van der Waals surface area contributed by atoms with Crippen LogP contribution in [0.2, 0.25) is 0 Å². The average Bonchev–Trinajstić information content (AvgIpc) is 2.35. The molecule has 7 heteroatoms. The maximum absolute atomic E-state index is 11.6. The van der Waals surface area contributed by atoms with E-state index in [0.717, 1.165) is 17.9 Å². The SMILES string of the molecule is CCCSCc1nc(C)c(Br)c(OC(=O)N(C)C)n1. The molecule has 0 aliphatic carbocycles. The molecule has 0 unspecified atom stereocenters. The highest BCUT2D eigenvalue weighted by Crippen LogP contribution is 2.26. The fraction of sp³-hybridized carbons (Fsp3) is 0.583. The zero-order valence-corrected chi connectivity index (χ0v) is 14.0. The third-order valence-corrected chi connectivity index (χ3v) is 4.23. The fourth-order valence-corrected chi connectivity index (χ4v) is 2.21. The zero-order chi connectivity index (χ0) is 14.4. The van der Waals surface area contributed by atoms with Crippen LogP contribution in [0, 0.1) is 6.92 Å². The Morgan fingerprint density at radius 3 is 2.68 bits per heavy atom. The minimum absolute atomic E-state index is 0.276. The summed E-state index contributed by atoms with van der Waals surface area (Å²) in [7, 11) is 3.25. The van der Waals surface area contributed by atoms with Gasteiger partial charge in [0.25, 0.3) is 0 Å². The van der Waals surface area contributed by atoms with Crippen molar-refractivity contribution in [1.82, 2.24) is 14.9 Å². The molecule has 0 radical (unpaired) electrons. The number of hydrogen-bond donors (Lipinski definition) is 0. The van der Waals surface area contributed by atoms with Crippen molar-refractivity contribution in [3.8, 4) is 5.88 Å². The van der Waals surface area contributed by atoms with Gasteiger partial charge in [-0.1, -0.05) is 6.92 Å². The van der Waals surface area contributed by atoms with Gasteiger partial charge in [0.1, 0.15) is 10.3 Å². The van der Waals surface area contributed by atoms with E-state index in [9.17, 15) is 4.79 Å². The van der Waals surface area contributed by atoms with Crippen molar-refractivity contribution in [2.75, 3.05) is 19.8 Å². The Kier molecular flexibility index (Phi) is 6.57. The Morgan fingerprint density at radius 2 is 2.11 bits per heavy atom. The molecular formula is C12H18BrN3O2S. The standard InChI is InChI=1S/C12H18BrN3O2S/c1-5-6-19-7-9-14-8(2)10(13)11(15-9)18-12(17)16(3)4/h5-7H2,1-4H3. The smallest absolute Gasteiger partial charge is 0.390 e. The van der Waals surface area contributed by atoms with E-state index in [1.54, 1.807) is 25.9 Å². The number of aromatic nitrogens is 2. The van der Waals surface area contributed by atoms with Gasteiger partial charge in [0.15, 0.2) is 0 Å². The second-order valence-electron chi connectivity index (χ2n) is 4.16. The first-order valence-corrected chi connectivity index (χ1v) is 7.90. The van der Waals surface area contributed by atoms with Crippen LogP contribution >= 0.6 is 27.7 Å². The monoisotopic (exact) mass is 347 g/mol. The van der Waals surface area contributed by atoms with E-state index in [1.807, 2.05) is 6.92 Å². The van der Waals surface area contributed by atoms with Crippen LogP contribution in [0.1, 0.15) is 24.9 Å². The summed E-state index contributed by atoms with van der Waals surface area (Å²) in [6.07, 6.45) is 0.661. The molecular weight excluding hydrogens is 330 g/mol. The predicted molar refractivity (Wildman–Crippen MR) is 80.6 cm³/mol. The zero-order valence-electron chi connectivity index (χ0n) is 11.6. The number of aryl methyl sites for hydroxylation is 1. The van der Waals surface area contributed by atoms with Crippen LogP contribution in [0.5, 0.6) is 5.88 Å². The van der Waals surface area contributed by atoms with Crippen LogP contribution in [0.4, 0.5) is 4.79 Å². The van der Waals surface area contributed by atoms with Gasteiger partial charge in [0.2, 0.25) is 5.88 Å². The van der Waals surface area contributed by atoms with Gasteiger partial charge < -0.3 is 9.64 Å². The van der Waals surface area contributed by atoms with Crippen LogP contribution in [-0.2, 0) is 5.75 Å². The maximum atomic E-state index is 11.6. The van der Waals surface area contributed by atoms with Crippen LogP contribution < -0.4 is 4.74 Å². The number of thioether (sulfide) groups is 1. The van der Waals surface area contributed by atoms with Crippen molar-refractivity contribution in [2.45, 2.75) is 26.0 Å². The Hall–Kier alpha value is -0.820. The van der Waals surface area contributed by atoms with E-state index in [0.29, 0.717) is 16.0 Å². The van der Waals surface area contributed by atoms with Crippen molar-refractivity contribution < 1.29 is 9.53 Å². The normalized spacial score (nSPS) is 10.4. The van der Waals surface area contributed by atoms with E-state index in [1.165, 1.54) is 4.90 Å². The predicted octanol–water partition coefficient (Wildman–Crippen LogP) is 3.25. The molecule has 0 spiro atoms. The van der Waals surface area contributed by atoms with Gasteiger partial charge >= 0.3 is 6.09 Å². The second-order valence-corrected chi connectivity index (χ2v) is 6.06. The van der Waals surface area contributed by atoms with Gasteiger partial charge in [-0.2, -0.15) is 16.7 Å². The summed E-state index contributed by atoms with van der Waals surface area (Å²) in [4.78, 5) is 21.6. The minimum Gasteiger partial charge on any atom is -0.390 e. The highest BCUT2D eigenvalue weighted by molar-refractivity contribution is 9.10. The summed E-state index contributed by atoms with van der Waals surface area (Å²) in [6.45, 7) is 3.98. The molecule has 1 aromatic rings. The quantitative estimate of drug-likeness (QED) is 0.765. The summed E-state index contributed by atoms with van der Waals surface area (Å²) in [5.74, 6) is 2.73. The lowest BCUT2D eigenvalue weighted by atomic mass is 10.4. The number of halogens is 1. The lowest BCUT2D eigenvalue weighted by Gasteiger charge is -2.12. The number of amides is 1. The first-order valence-electron chi connectivity index (χ1n) is 5.95. The molecule has 0 aliphatic heterocycles. The van der Waals surface area contributed by atoms with Crippen molar-refractivity contribution in [2.24, 2.45) is 0 Å². The summed E-state index contributed by atoms with van der Waals surface area (Å²) in [6, 6.07) is 0. The molecule has 0 saturated heterocycles. The first kappa shape index (κ1) is 16.2. The molecule has 106 valence electrons. The summed E-state index contributed by atoms with van der Waals surface area (Å²) in [5.41, 5.74) is 0.767. The van der Waals surface area contributed by atoms with E-state index in [2.05, 4.69) is 32.8 Å². The third kappa shape index (κ3) is 4.99. The minimum atomic E-state index is -0.453. The van der Waals surface area contributed by atoms with Crippen molar-refractivity contribution >= 4 is 33.8 Å². The van der Waals surface area contributed by atoms with Gasteiger partial charge in [0.05, 0.1) is 11.4 Å². The topological polar surface area (TPSA) is 55.3 Å². The van der Waals surface area contributed by atoms with Gasteiger partial charge in [-0.15, -0.1) is 0 Å². The molecule has 0 aliphatic rings. The van der Waals surface area contributed by atoms with Crippen LogP contribution in [0.3, 0.4) is 0 Å². The third-order valence-electron chi connectivity index (χ3n) is 2.16. The first-order chi connectivity index (χ1) is 8.95. The van der Waals surface area contributed by atoms with Crippen molar-refractivity contribution in [3.05, 3.63) is 16.0 Å². The number of hydrogen-bond acceptors (Lipinski definition) is 5. The molecule has 0 fully saturated rings. The Labute approximate surface area is 126 Å². The molecule has 1 heterocycles. The molecule has 19 heavy (non-hydrogen) atoms. The number of ether oxygens (including phenoxy) is 1. The Balaban J connectivity index is 2.87. The van der Waals surface area contributed by atoms with Crippen molar-refractivity contribution in [1.29, 1.82) is 0 Å². The molecule has 0 bridgehead atoms. The van der Waals surface area contributed by atoms with Crippen LogP contribution in [0.25, 0.3) is 0 Å². The molecule has 5 nitrogen and oxygen atoms in total. The molecule has 0 atom stereocenters. The number of carbonyl (C=O) groups excluding carboxylic acids is 1. The van der Waals surface area contributed by atoms with E-state index < -0.39 is 6.09 Å². The van der Waals surface area contributed by atoms with Crippen molar-refractivity contribution in [3.63, 3.8) is 0 Å². The Morgan fingerprint density at radius 1 is 1.42 bits per heavy atom. The molecule has 1 amide bonds. The number of nitrogens with zero attached hydrogens (tertiary/aromatic N) is 3. The van der Waals surface area contributed by atoms with Crippen LogP contribution in [0.15, 0.2) is 4.47 Å². The van der Waals surface area contributed by atoms with Gasteiger partial charge in [-0.25, -0.2) is 9.78 Å². The molecule has 0 saturated carbocycles. The summed E-state index contributed by atoms with van der Waals surface area (Å²) in [5, 5.41) is 0. The van der Waals surface area contributed by atoms with E-state index in [-0.39, 0.29) is 5.88 Å². The Bertz CT molecular complexity index is 455. The van der Waals surface area contributed by atoms with Gasteiger partial charge in [-0.05, 0) is 35.0 Å². The lowest BCUT2D eigenvalue weighted by Crippen LogP contribution is -2.26. The van der Waals surface area contributed by atoms with Gasteiger partial charge in [-0.3, -0.25) is 0 Å². The van der Waals surface area contributed by atoms with Gasteiger partial charge in [0, 0.05) is 14.1 Å². The highest BCUT2D eigenvalue weighted by Gasteiger charge is 2.15.